The van der Waals surface area contributed by atoms with Crippen molar-refractivity contribution in [2.24, 2.45) is 0 Å². The third kappa shape index (κ3) is 7.20. The molecule has 0 spiro atoms. The van der Waals surface area contributed by atoms with Gasteiger partial charge in [-0.3, -0.25) is 0 Å². The van der Waals surface area contributed by atoms with E-state index in [0.29, 0.717) is 22.4 Å². The number of rotatable bonds is 13. The normalized spacial score (nSPS) is 26.3. The number of ether oxygens (including phenoxy) is 2. The first kappa shape index (κ1) is 36.7. The Labute approximate surface area is 301 Å². The number of amides is 1. The first-order valence-corrected chi connectivity index (χ1v) is 18.7. The number of aromatic nitrogens is 8. The van der Waals surface area contributed by atoms with Crippen LogP contribution in [0.15, 0.2) is 55.6 Å². The summed E-state index contributed by atoms with van der Waals surface area (Å²) in [4.78, 5) is 37.9. The summed E-state index contributed by atoms with van der Waals surface area (Å²) in [6, 6.07) is 10.4. The summed E-state index contributed by atoms with van der Waals surface area (Å²) in [5.41, 5.74) is 2.00. The van der Waals surface area contributed by atoms with Crippen molar-refractivity contribution in [2.45, 2.75) is 62.6 Å². The molecule has 1 amide bonds. The van der Waals surface area contributed by atoms with Crippen molar-refractivity contribution in [2.75, 3.05) is 25.1 Å². The Kier molecular flexibility index (Phi) is 10.6. The minimum atomic E-state index is -3.96. The molecule has 6 heterocycles. The second-order valence-corrected chi connectivity index (χ2v) is 14.9. The van der Waals surface area contributed by atoms with Crippen LogP contribution in [0, 0.1) is 18.3 Å². The predicted octanol–water partition coefficient (Wildman–Crippen LogP) is 1.43. The Morgan fingerprint density at radius 3 is 2.36 bits per heavy atom. The van der Waals surface area contributed by atoms with Gasteiger partial charge in [-0.15, -0.1) is 0 Å². The van der Waals surface area contributed by atoms with Crippen LogP contribution in [0.4, 0.5) is 14.6 Å². The fraction of sp³-hybridized carbons (Fsp3) is 0.419. The predicted molar refractivity (Wildman–Crippen MR) is 184 cm³/mol. The number of benzene rings is 1. The molecule has 5 aromatic rings. The Balaban J connectivity index is 1.06. The first-order valence-electron chi connectivity index (χ1n) is 16.5. The average Bonchev–Trinajstić information content (AvgIpc) is 3.93. The SMILES string of the molecule is B[PH](OCCC#N)(OC[C@H]1O[C@@H](n2cnc3c(NC(=O)c4ccccc4)ncnc32)[C@H](F)[C@@H]1O)O[C@H]1[C@@H](F)[C@H](n2cnc3c(C)ncnc32)O[C@@H]1CO. The molecule has 2 aliphatic heterocycles. The monoisotopic (exact) mass is 754 g/mol. The number of hydrogen-bond donors (Lipinski definition) is 3. The van der Waals surface area contributed by atoms with Crippen LogP contribution in [0.3, 0.4) is 0 Å². The van der Waals surface area contributed by atoms with E-state index in [0.717, 1.165) is 0 Å². The van der Waals surface area contributed by atoms with Crippen molar-refractivity contribution < 1.29 is 46.8 Å². The van der Waals surface area contributed by atoms with Crippen molar-refractivity contribution in [3.05, 3.63) is 66.9 Å². The van der Waals surface area contributed by atoms with Gasteiger partial charge in [0.2, 0.25) is 0 Å². The van der Waals surface area contributed by atoms with Gasteiger partial charge in [0.05, 0.1) is 0 Å². The number of nitriles is 1. The number of carbonyl (C=O) groups is 1. The number of aliphatic hydroxyl groups excluding tert-OH is 2. The molecule has 2 fully saturated rings. The van der Waals surface area contributed by atoms with Gasteiger partial charge >= 0.3 is 271 Å². The van der Waals surface area contributed by atoms with E-state index in [-0.39, 0.29) is 30.0 Å². The van der Waals surface area contributed by atoms with Gasteiger partial charge in [-0.1, -0.05) is 18.2 Å². The summed E-state index contributed by atoms with van der Waals surface area (Å²) >= 11 is 0. The Bertz CT molecular complexity index is 2130. The van der Waals surface area contributed by atoms with Gasteiger partial charge in [-0.2, -0.15) is 0 Å². The number of alkyl halides is 2. The number of halogens is 2. The molecule has 0 radical (unpaired) electrons. The van der Waals surface area contributed by atoms with Gasteiger partial charge in [0.1, 0.15) is 0 Å². The molecule has 0 aliphatic carbocycles. The molecular weight excluding hydrogens is 720 g/mol. The van der Waals surface area contributed by atoms with Gasteiger partial charge < -0.3 is 0 Å². The van der Waals surface area contributed by atoms with Gasteiger partial charge in [-0.25, -0.2) is 0 Å². The number of nitrogens with one attached hydrogen (secondary N) is 1. The van der Waals surface area contributed by atoms with E-state index in [1.807, 2.05) is 6.07 Å². The summed E-state index contributed by atoms with van der Waals surface area (Å²) in [6.07, 6.45) is -7.07. The van der Waals surface area contributed by atoms with Crippen molar-refractivity contribution in [3.8, 4) is 6.07 Å². The van der Waals surface area contributed by atoms with Crippen LogP contribution in [0.5, 0.6) is 0 Å². The van der Waals surface area contributed by atoms with Crippen LogP contribution in [-0.2, 0) is 23.0 Å². The zero-order chi connectivity index (χ0) is 37.3. The molecule has 22 heteroatoms. The molecule has 1 aromatic carbocycles. The van der Waals surface area contributed by atoms with Crippen LogP contribution in [-0.4, -0.2) is 119 Å². The van der Waals surface area contributed by atoms with Crippen LogP contribution in [0.25, 0.3) is 22.3 Å². The Morgan fingerprint density at radius 2 is 1.64 bits per heavy atom. The molecule has 2 aliphatic rings. The van der Waals surface area contributed by atoms with Gasteiger partial charge in [0.25, 0.3) is 0 Å². The molecule has 0 saturated carbocycles. The molecule has 8 atom stereocenters. The summed E-state index contributed by atoms with van der Waals surface area (Å²) < 4.78 is 64.4. The van der Waals surface area contributed by atoms with E-state index in [1.165, 1.54) is 42.0 Å². The molecular formula is C31H34BF2N10O8P. The first-order chi connectivity index (χ1) is 25.6. The zero-order valence-electron chi connectivity index (χ0n) is 28.3. The number of fused-ring (bicyclic) bond motifs is 2. The summed E-state index contributed by atoms with van der Waals surface area (Å²) in [7, 11) is -2.51. The molecule has 18 nitrogen and oxygen atoms in total. The maximum absolute atomic E-state index is 16.2. The third-order valence-electron chi connectivity index (χ3n) is 8.90. The van der Waals surface area contributed by atoms with Gasteiger partial charge in [-0.05, 0) is 12.1 Å². The van der Waals surface area contributed by atoms with E-state index in [2.05, 4.69) is 35.2 Å². The standard InChI is InChI=1S/C31H34BF2N10O8P/c1-16-22-27(38-12-36-16)43(14-40-22)31-21(34)25(18(10-45)50-31)52-53(32,48-9-5-8-35)49-11-19-24(46)20(33)30(51-19)44-15-41-23-26(37-13-39-28(23)44)42-29(47)17-6-3-2-4-7-17/h2-4,6-7,12-15,18-21,24-25,30-31,45-46,53H,5,9-11,32H2,1H3,(H,37,39,42,47)/t18-,19-,20-,21-,24-,25-,30-,31-/m1/s1. The number of aliphatic hydroxyl groups is 2. The molecule has 3 N–H and O–H groups in total. The van der Waals surface area contributed by atoms with E-state index in [1.54, 1.807) is 37.3 Å². The molecule has 53 heavy (non-hydrogen) atoms. The molecule has 278 valence electrons. The van der Waals surface area contributed by atoms with Crippen molar-refractivity contribution in [1.82, 2.24) is 39.0 Å². The Hall–Kier alpha value is -4.65. The summed E-state index contributed by atoms with van der Waals surface area (Å²) in [5, 5.41) is 32.9. The van der Waals surface area contributed by atoms with E-state index < -0.39 is 76.2 Å². The number of carbonyl (C=O) groups excluding carboxylic acids is 1. The molecule has 7 rings (SSSR count). The Morgan fingerprint density at radius 1 is 0.981 bits per heavy atom. The maximum atomic E-state index is 16.2. The molecule has 0 bridgehead atoms. The molecule has 2 saturated heterocycles. The van der Waals surface area contributed by atoms with Crippen molar-refractivity contribution in [3.63, 3.8) is 0 Å². The fourth-order valence-electron chi connectivity index (χ4n) is 6.20. The number of aryl methyl sites for hydroxylation is 1. The van der Waals surface area contributed by atoms with E-state index >= 15 is 8.78 Å². The zero-order valence-corrected chi connectivity index (χ0v) is 29.3. The summed E-state index contributed by atoms with van der Waals surface area (Å²) in [5.74, 6) is -0.358. The topological polar surface area (TPSA) is 227 Å². The molecule has 0 unspecified atom stereocenters. The van der Waals surface area contributed by atoms with Crippen LogP contribution in [0.2, 0.25) is 0 Å². The van der Waals surface area contributed by atoms with Crippen LogP contribution < -0.4 is 5.32 Å². The number of nitrogens with zero attached hydrogens (tertiary/aromatic N) is 9. The number of anilines is 1. The van der Waals surface area contributed by atoms with E-state index in [9.17, 15) is 15.0 Å². The quantitative estimate of drug-likeness (QED) is 0.0878. The number of hydrogen-bond acceptors (Lipinski definition) is 15. The second-order valence-electron chi connectivity index (χ2n) is 12.4. The van der Waals surface area contributed by atoms with Crippen molar-refractivity contribution >= 4 is 49.4 Å². The number of imidazole rings is 2. The minimum absolute atomic E-state index is 0.0534. The van der Waals surface area contributed by atoms with Crippen LogP contribution >= 0.6 is 7.82 Å². The van der Waals surface area contributed by atoms with Gasteiger partial charge in [0.15, 0.2) is 0 Å². The third-order valence-corrected chi connectivity index (χ3v) is 11.0. The van der Waals surface area contributed by atoms with Crippen LogP contribution in [0.1, 0.15) is 34.9 Å². The van der Waals surface area contributed by atoms with Crippen molar-refractivity contribution in [1.29, 1.82) is 5.26 Å². The summed E-state index contributed by atoms with van der Waals surface area (Å²) in [6.45, 7) is 0.494. The molecule has 4 aromatic heterocycles. The van der Waals surface area contributed by atoms with E-state index in [4.69, 9.17) is 28.3 Å². The second kappa shape index (κ2) is 15.4. The van der Waals surface area contributed by atoms with Gasteiger partial charge in [0, 0.05) is 0 Å². The fourth-order valence-corrected chi connectivity index (χ4v) is 8.13. The average molecular weight is 754 g/mol.